The summed E-state index contributed by atoms with van der Waals surface area (Å²) in [4.78, 5) is 0. The molecule has 1 aliphatic carbocycles. The fourth-order valence-corrected chi connectivity index (χ4v) is 1.92. The van der Waals surface area contributed by atoms with Gasteiger partial charge in [-0.1, -0.05) is 6.07 Å². The smallest absolute Gasteiger partial charge is 0.133 e. The Morgan fingerprint density at radius 2 is 2.23 bits per heavy atom. The van der Waals surface area contributed by atoms with E-state index in [4.69, 9.17) is 4.74 Å². The molecule has 1 unspecified atom stereocenters. The molecule has 0 radical (unpaired) electrons. The minimum absolute atomic E-state index is 0.593. The molecule has 0 N–H and O–H groups in total. The first-order valence-electron chi connectivity index (χ1n) is 4.50. The van der Waals surface area contributed by atoms with Gasteiger partial charge in [0.05, 0.1) is 7.11 Å². The third-order valence-corrected chi connectivity index (χ3v) is 2.74. The lowest BCUT2D eigenvalue weighted by Gasteiger charge is -2.14. The molecule has 13 heavy (non-hydrogen) atoms. The van der Waals surface area contributed by atoms with Crippen molar-refractivity contribution in [1.82, 2.24) is 0 Å². The predicted molar refractivity (Wildman–Crippen MR) is 49.8 cm³/mol. The molecule has 1 aromatic carbocycles. The van der Waals surface area contributed by atoms with Crippen molar-refractivity contribution < 1.29 is 9.13 Å². The molecule has 2 heteroatoms. The van der Waals surface area contributed by atoms with Gasteiger partial charge < -0.3 is 4.74 Å². The molecule has 1 atom stereocenters. The fourth-order valence-electron chi connectivity index (χ4n) is 1.92. The number of ether oxygens (including phenoxy) is 1. The van der Waals surface area contributed by atoms with E-state index in [0.717, 1.165) is 23.3 Å². The second kappa shape index (κ2) is 2.72. The maximum atomic E-state index is 13.8. The van der Waals surface area contributed by atoms with Gasteiger partial charge in [0.15, 0.2) is 0 Å². The van der Waals surface area contributed by atoms with Gasteiger partial charge in [0.2, 0.25) is 0 Å². The first kappa shape index (κ1) is 8.54. The van der Waals surface area contributed by atoms with Crippen molar-refractivity contribution in [3.8, 4) is 5.75 Å². The van der Waals surface area contributed by atoms with Gasteiger partial charge in [0.25, 0.3) is 0 Å². The second-order valence-corrected chi connectivity index (χ2v) is 3.72. The summed E-state index contributed by atoms with van der Waals surface area (Å²) in [6.07, 6.45) is 1.41. The molecule has 0 heterocycles. The zero-order valence-electron chi connectivity index (χ0n) is 7.93. The van der Waals surface area contributed by atoms with Crippen LogP contribution in [0.2, 0.25) is 0 Å². The minimum Gasteiger partial charge on any atom is -0.497 e. The summed E-state index contributed by atoms with van der Waals surface area (Å²) in [5, 5.41) is 0. The minimum atomic E-state index is -1.14. The van der Waals surface area contributed by atoms with Gasteiger partial charge in [-0.2, -0.15) is 0 Å². The summed E-state index contributed by atoms with van der Waals surface area (Å²) < 4.78 is 18.9. The third kappa shape index (κ3) is 1.30. The van der Waals surface area contributed by atoms with Crippen LogP contribution >= 0.6 is 0 Å². The second-order valence-electron chi connectivity index (χ2n) is 3.72. The molecule has 1 nitrogen and oxygen atoms in total. The first-order valence-corrected chi connectivity index (χ1v) is 4.50. The van der Waals surface area contributed by atoms with Crippen molar-refractivity contribution in [2.45, 2.75) is 25.4 Å². The van der Waals surface area contributed by atoms with Gasteiger partial charge in [-0.25, -0.2) is 4.39 Å². The zero-order chi connectivity index (χ0) is 9.47. The maximum absolute atomic E-state index is 13.8. The van der Waals surface area contributed by atoms with Crippen LogP contribution in [0.1, 0.15) is 24.5 Å². The van der Waals surface area contributed by atoms with Crippen molar-refractivity contribution in [3.05, 3.63) is 29.3 Å². The van der Waals surface area contributed by atoms with Crippen molar-refractivity contribution in [1.29, 1.82) is 0 Å². The molecule has 1 aromatic rings. The Bertz CT molecular complexity index is 331. The average Bonchev–Trinajstić information content (AvgIpc) is 2.42. The number of methoxy groups -OCH3 is 1. The van der Waals surface area contributed by atoms with Crippen LogP contribution in [0.25, 0.3) is 0 Å². The van der Waals surface area contributed by atoms with Crippen LogP contribution in [0.5, 0.6) is 5.75 Å². The quantitative estimate of drug-likeness (QED) is 0.645. The number of benzene rings is 1. The average molecular weight is 180 g/mol. The van der Waals surface area contributed by atoms with Crippen molar-refractivity contribution in [2.75, 3.05) is 7.11 Å². The van der Waals surface area contributed by atoms with Crippen molar-refractivity contribution in [3.63, 3.8) is 0 Å². The molecule has 2 rings (SSSR count). The van der Waals surface area contributed by atoms with Gasteiger partial charge >= 0.3 is 0 Å². The van der Waals surface area contributed by atoms with E-state index in [2.05, 4.69) is 0 Å². The normalized spacial score (nSPS) is 25.8. The highest BCUT2D eigenvalue weighted by Crippen LogP contribution is 2.40. The molecule has 0 amide bonds. The molecule has 0 saturated carbocycles. The predicted octanol–water partition coefficient (Wildman–Crippen LogP) is 2.83. The summed E-state index contributed by atoms with van der Waals surface area (Å²) in [5.41, 5.74) is 0.777. The number of rotatable bonds is 1. The molecule has 0 saturated heterocycles. The van der Waals surface area contributed by atoms with Crippen LogP contribution in [-0.2, 0) is 12.1 Å². The molecule has 0 aromatic heterocycles. The van der Waals surface area contributed by atoms with E-state index >= 15 is 0 Å². The summed E-state index contributed by atoms with van der Waals surface area (Å²) in [7, 11) is 1.63. The van der Waals surface area contributed by atoms with E-state index in [1.165, 1.54) is 0 Å². The van der Waals surface area contributed by atoms with Crippen LogP contribution < -0.4 is 4.74 Å². The van der Waals surface area contributed by atoms with E-state index in [1.54, 1.807) is 14.0 Å². The summed E-state index contributed by atoms with van der Waals surface area (Å²) >= 11 is 0. The first-order chi connectivity index (χ1) is 6.13. The summed E-state index contributed by atoms with van der Waals surface area (Å²) in [6.45, 7) is 1.64. The SMILES string of the molecule is COc1ccc2c(c1)CCC2(C)F. The Morgan fingerprint density at radius 3 is 2.92 bits per heavy atom. The Hall–Kier alpha value is -1.05. The Kier molecular flexibility index (Phi) is 1.79. The molecule has 0 aliphatic heterocycles. The van der Waals surface area contributed by atoms with E-state index in [0.29, 0.717) is 6.42 Å². The fraction of sp³-hybridized carbons (Fsp3) is 0.455. The highest BCUT2D eigenvalue weighted by atomic mass is 19.1. The number of fused-ring (bicyclic) bond motifs is 1. The third-order valence-electron chi connectivity index (χ3n) is 2.74. The molecule has 1 aliphatic rings. The van der Waals surface area contributed by atoms with Crippen LogP contribution in [0.3, 0.4) is 0 Å². The lowest BCUT2D eigenvalue weighted by molar-refractivity contribution is 0.194. The molecule has 0 bridgehead atoms. The van der Waals surface area contributed by atoms with Crippen molar-refractivity contribution >= 4 is 0 Å². The van der Waals surface area contributed by atoms with Gasteiger partial charge in [0, 0.05) is 0 Å². The molecule has 70 valence electrons. The molecular weight excluding hydrogens is 167 g/mol. The van der Waals surface area contributed by atoms with Gasteiger partial charge in [-0.05, 0) is 43.0 Å². The topological polar surface area (TPSA) is 9.23 Å². The monoisotopic (exact) mass is 180 g/mol. The van der Waals surface area contributed by atoms with Crippen LogP contribution in [0.4, 0.5) is 4.39 Å². The highest BCUT2D eigenvalue weighted by molar-refractivity contribution is 5.42. The lowest BCUT2D eigenvalue weighted by atomic mass is 10.0. The number of aryl methyl sites for hydroxylation is 1. The van der Waals surface area contributed by atoms with E-state index in [9.17, 15) is 4.39 Å². The molecular formula is C11H13FO. The molecule has 0 spiro atoms. The molecule has 0 fully saturated rings. The van der Waals surface area contributed by atoms with E-state index in [1.807, 2.05) is 18.2 Å². The van der Waals surface area contributed by atoms with Gasteiger partial charge in [-0.15, -0.1) is 0 Å². The van der Waals surface area contributed by atoms with E-state index in [-0.39, 0.29) is 0 Å². The van der Waals surface area contributed by atoms with Crippen LogP contribution in [0, 0.1) is 0 Å². The Labute approximate surface area is 77.5 Å². The number of alkyl halides is 1. The van der Waals surface area contributed by atoms with E-state index < -0.39 is 5.67 Å². The van der Waals surface area contributed by atoms with Crippen LogP contribution in [0.15, 0.2) is 18.2 Å². The van der Waals surface area contributed by atoms with Crippen molar-refractivity contribution in [2.24, 2.45) is 0 Å². The van der Waals surface area contributed by atoms with Gasteiger partial charge in [-0.3, -0.25) is 0 Å². The summed E-state index contributed by atoms with van der Waals surface area (Å²) in [6, 6.07) is 5.59. The maximum Gasteiger partial charge on any atom is 0.133 e. The number of halogens is 1. The lowest BCUT2D eigenvalue weighted by Crippen LogP contribution is -2.09. The Morgan fingerprint density at radius 1 is 1.46 bits per heavy atom. The van der Waals surface area contributed by atoms with Gasteiger partial charge in [0.1, 0.15) is 11.4 Å². The standard InChI is InChI=1S/C11H13FO/c1-11(12)6-5-8-7-9(13-2)3-4-10(8)11/h3-4,7H,5-6H2,1-2H3. The largest absolute Gasteiger partial charge is 0.497 e. The zero-order valence-corrected chi connectivity index (χ0v) is 7.93. The summed E-state index contributed by atoms with van der Waals surface area (Å²) in [5.74, 6) is 0.816. The van der Waals surface area contributed by atoms with Crippen LogP contribution in [-0.4, -0.2) is 7.11 Å². The number of hydrogen-bond acceptors (Lipinski definition) is 1. The number of hydrogen-bond donors (Lipinski definition) is 0. The highest BCUT2D eigenvalue weighted by Gasteiger charge is 2.33. The Balaban J connectivity index is 2.46.